The van der Waals surface area contributed by atoms with E-state index in [9.17, 15) is 9.59 Å². The van der Waals surface area contributed by atoms with Crippen LogP contribution in [-0.4, -0.2) is 29.1 Å². The monoisotopic (exact) mass is 293 g/mol. The fourth-order valence-corrected chi connectivity index (χ4v) is 1.80. The number of carboxylic acid groups (broad SMARTS) is 1. The van der Waals surface area contributed by atoms with Crippen LogP contribution in [0.15, 0.2) is 24.3 Å². The standard InChI is InChI=1S/C16H23NO4/c1-4-9-21-13-8-6-7-12(10-13)11-14(18)17-16(3,5-2)15(19)20/h6-8,10H,4-5,9,11H2,1-3H3,(H,17,18)(H,19,20). The highest BCUT2D eigenvalue weighted by atomic mass is 16.5. The lowest BCUT2D eigenvalue weighted by molar-refractivity contribution is -0.146. The van der Waals surface area contributed by atoms with Crippen LogP contribution in [0.25, 0.3) is 0 Å². The number of aliphatic carboxylic acids is 1. The van der Waals surface area contributed by atoms with Crippen LogP contribution in [-0.2, 0) is 16.0 Å². The number of benzene rings is 1. The van der Waals surface area contributed by atoms with Gasteiger partial charge in [-0.05, 0) is 37.5 Å². The Bertz CT molecular complexity index is 501. The average Bonchev–Trinajstić information content (AvgIpc) is 2.45. The average molecular weight is 293 g/mol. The van der Waals surface area contributed by atoms with Gasteiger partial charge in [-0.15, -0.1) is 0 Å². The van der Waals surface area contributed by atoms with Crippen molar-refractivity contribution in [1.82, 2.24) is 5.32 Å². The first-order valence-electron chi connectivity index (χ1n) is 7.17. The SMILES string of the molecule is CCCOc1cccc(CC(=O)NC(C)(CC)C(=O)O)c1. The maximum Gasteiger partial charge on any atom is 0.329 e. The van der Waals surface area contributed by atoms with Crippen LogP contribution in [0, 0.1) is 0 Å². The molecule has 5 heteroatoms. The van der Waals surface area contributed by atoms with Crippen LogP contribution >= 0.6 is 0 Å². The third kappa shape index (κ3) is 5.10. The molecule has 116 valence electrons. The molecule has 0 aliphatic heterocycles. The van der Waals surface area contributed by atoms with Crippen molar-refractivity contribution in [2.24, 2.45) is 0 Å². The van der Waals surface area contributed by atoms with Crippen LogP contribution in [0.2, 0.25) is 0 Å². The number of nitrogens with one attached hydrogen (secondary N) is 1. The lowest BCUT2D eigenvalue weighted by Crippen LogP contribution is -2.52. The number of carbonyl (C=O) groups excluding carboxylic acids is 1. The molecular weight excluding hydrogens is 270 g/mol. The van der Waals surface area contributed by atoms with Gasteiger partial charge < -0.3 is 15.2 Å². The Balaban J connectivity index is 2.68. The first-order chi connectivity index (χ1) is 9.91. The first-order valence-corrected chi connectivity index (χ1v) is 7.17. The van der Waals surface area contributed by atoms with E-state index in [1.807, 2.05) is 25.1 Å². The molecule has 2 N–H and O–H groups in total. The number of hydrogen-bond donors (Lipinski definition) is 2. The Morgan fingerprint density at radius 2 is 2.05 bits per heavy atom. The van der Waals surface area contributed by atoms with Crippen LogP contribution in [0.5, 0.6) is 5.75 Å². The molecule has 1 unspecified atom stereocenters. The van der Waals surface area contributed by atoms with E-state index >= 15 is 0 Å². The summed E-state index contributed by atoms with van der Waals surface area (Å²) in [5.41, 5.74) is -0.433. The highest BCUT2D eigenvalue weighted by molar-refractivity contribution is 5.87. The zero-order valence-corrected chi connectivity index (χ0v) is 12.8. The van der Waals surface area contributed by atoms with Crippen molar-refractivity contribution in [2.45, 2.75) is 45.6 Å². The third-order valence-electron chi connectivity index (χ3n) is 3.33. The molecular formula is C16H23NO4. The molecule has 1 atom stereocenters. The largest absolute Gasteiger partial charge is 0.494 e. The molecule has 0 saturated heterocycles. The molecule has 1 amide bonds. The van der Waals surface area contributed by atoms with Gasteiger partial charge in [0.15, 0.2) is 0 Å². The smallest absolute Gasteiger partial charge is 0.329 e. The molecule has 0 bridgehead atoms. The lowest BCUT2D eigenvalue weighted by Gasteiger charge is -2.24. The molecule has 1 aromatic rings. The molecule has 0 heterocycles. The summed E-state index contributed by atoms with van der Waals surface area (Å²) in [6, 6.07) is 7.29. The van der Waals surface area contributed by atoms with E-state index in [0.717, 1.165) is 17.7 Å². The van der Waals surface area contributed by atoms with Gasteiger partial charge in [0.25, 0.3) is 0 Å². The van der Waals surface area contributed by atoms with E-state index in [1.165, 1.54) is 6.92 Å². The Morgan fingerprint density at radius 1 is 1.33 bits per heavy atom. The molecule has 1 aromatic carbocycles. The minimum absolute atomic E-state index is 0.131. The summed E-state index contributed by atoms with van der Waals surface area (Å²) in [5, 5.41) is 11.7. The predicted molar refractivity (Wildman–Crippen MR) is 80.4 cm³/mol. The second-order valence-corrected chi connectivity index (χ2v) is 5.21. The van der Waals surface area contributed by atoms with Crippen LogP contribution in [0.1, 0.15) is 39.2 Å². The van der Waals surface area contributed by atoms with Crippen molar-refractivity contribution in [3.63, 3.8) is 0 Å². The van der Waals surface area contributed by atoms with Gasteiger partial charge in [0.05, 0.1) is 13.0 Å². The molecule has 21 heavy (non-hydrogen) atoms. The third-order valence-corrected chi connectivity index (χ3v) is 3.33. The van der Waals surface area contributed by atoms with E-state index in [4.69, 9.17) is 9.84 Å². The maximum atomic E-state index is 12.0. The first kappa shape index (κ1) is 17.0. The summed E-state index contributed by atoms with van der Waals surface area (Å²) in [5.74, 6) is -0.619. The molecule has 0 aliphatic carbocycles. The summed E-state index contributed by atoms with van der Waals surface area (Å²) >= 11 is 0. The molecule has 1 rings (SSSR count). The second-order valence-electron chi connectivity index (χ2n) is 5.21. The zero-order valence-electron chi connectivity index (χ0n) is 12.8. The Hall–Kier alpha value is -2.04. The second kappa shape index (κ2) is 7.67. The number of amides is 1. The fourth-order valence-electron chi connectivity index (χ4n) is 1.80. The van der Waals surface area contributed by atoms with Gasteiger partial charge in [0, 0.05) is 0 Å². The summed E-state index contributed by atoms with van der Waals surface area (Å²) < 4.78 is 5.51. The van der Waals surface area contributed by atoms with Crippen molar-refractivity contribution in [3.8, 4) is 5.75 Å². The Labute approximate surface area is 125 Å². The molecule has 0 fully saturated rings. The van der Waals surface area contributed by atoms with Crippen LogP contribution in [0.4, 0.5) is 0 Å². The van der Waals surface area contributed by atoms with Gasteiger partial charge in [0.2, 0.25) is 5.91 Å². The topological polar surface area (TPSA) is 75.6 Å². The van der Waals surface area contributed by atoms with Crippen molar-refractivity contribution in [1.29, 1.82) is 0 Å². The molecule has 0 saturated carbocycles. The van der Waals surface area contributed by atoms with Crippen molar-refractivity contribution >= 4 is 11.9 Å². The fraction of sp³-hybridized carbons (Fsp3) is 0.500. The van der Waals surface area contributed by atoms with E-state index < -0.39 is 11.5 Å². The van der Waals surface area contributed by atoms with Gasteiger partial charge in [-0.25, -0.2) is 4.79 Å². The van der Waals surface area contributed by atoms with Crippen molar-refractivity contribution in [2.75, 3.05) is 6.61 Å². The van der Waals surface area contributed by atoms with Crippen molar-refractivity contribution < 1.29 is 19.4 Å². The van der Waals surface area contributed by atoms with Gasteiger partial charge in [-0.2, -0.15) is 0 Å². The molecule has 0 spiro atoms. The highest BCUT2D eigenvalue weighted by Crippen LogP contribution is 2.15. The number of rotatable bonds is 8. The molecule has 5 nitrogen and oxygen atoms in total. The minimum Gasteiger partial charge on any atom is -0.494 e. The quantitative estimate of drug-likeness (QED) is 0.771. The van der Waals surface area contributed by atoms with Gasteiger partial charge in [-0.1, -0.05) is 26.0 Å². The summed E-state index contributed by atoms with van der Waals surface area (Å²) in [7, 11) is 0. The summed E-state index contributed by atoms with van der Waals surface area (Å²) in [4.78, 5) is 23.2. The van der Waals surface area contributed by atoms with E-state index in [2.05, 4.69) is 5.32 Å². The molecule has 0 aromatic heterocycles. The highest BCUT2D eigenvalue weighted by Gasteiger charge is 2.32. The predicted octanol–water partition coefficient (Wildman–Crippen LogP) is 2.39. The van der Waals surface area contributed by atoms with Gasteiger partial charge >= 0.3 is 5.97 Å². The van der Waals surface area contributed by atoms with Gasteiger partial charge in [0.1, 0.15) is 11.3 Å². The van der Waals surface area contributed by atoms with E-state index in [0.29, 0.717) is 13.0 Å². The molecule has 0 aliphatic rings. The summed E-state index contributed by atoms with van der Waals surface area (Å²) in [6.07, 6.45) is 1.37. The number of ether oxygens (including phenoxy) is 1. The number of carbonyl (C=O) groups is 2. The van der Waals surface area contributed by atoms with E-state index in [1.54, 1.807) is 13.0 Å². The van der Waals surface area contributed by atoms with Crippen molar-refractivity contribution in [3.05, 3.63) is 29.8 Å². The van der Waals surface area contributed by atoms with E-state index in [-0.39, 0.29) is 12.3 Å². The van der Waals surface area contributed by atoms with Gasteiger partial charge in [-0.3, -0.25) is 4.79 Å². The minimum atomic E-state index is -1.23. The van der Waals surface area contributed by atoms with Crippen LogP contribution < -0.4 is 10.1 Å². The maximum absolute atomic E-state index is 12.0. The summed E-state index contributed by atoms with van der Waals surface area (Å²) in [6.45, 7) is 5.89. The molecule has 0 radical (unpaired) electrons. The Kier molecular flexibility index (Phi) is 6.21. The lowest BCUT2D eigenvalue weighted by atomic mass is 9.98. The number of carboxylic acids is 1. The Morgan fingerprint density at radius 3 is 2.62 bits per heavy atom. The van der Waals surface area contributed by atoms with Crippen LogP contribution in [0.3, 0.4) is 0 Å². The zero-order chi connectivity index (χ0) is 15.9. The normalized spacial score (nSPS) is 13.3. The number of hydrogen-bond acceptors (Lipinski definition) is 3.